The zero-order valence-corrected chi connectivity index (χ0v) is 12.2. The number of aliphatic hydroxyl groups is 1. The first kappa shape index (κ1) is 15.1. The third-order valence-corrected chi connectivity index (χ3v) is 3.53. The van der Waals surface area contributed by atoms with E-state index in [0.29, 0.717) is 12.3 Å². The van der Waals surface area contributed by atoms with Gasteiger partial charge in [0.15, 0.2) is 6.61 Å². The molecular formula is C16H15NO3S. The van der Waals surface area contributed by atoms with Gasteiger partial charge in [0.05, 0.1) is 6.54 Å². The minimum Gasteiger partial charge on any atom is -0.484 e. The first-order valence-electron chi connectivity index (χ1n) is 6.40. The molecule has 108 valence electrons. The molecule has 4 nitrogen and oxygen atoms in total. The predicted molar refractivity (Wildman–Crippen MR) is 82.1 cm³/mol. The van der Waals surface area contributed by atoms with E-state index in [1.807, 2.05) is 29.6 Å². The van der Waals surface area contributed by atoms with Crippen LogP contribution in [0.3, 0.4) is 0 Å². The lowest BCUT2D eigenvalue weighted by Crippen LogP contribution is -2.28. The molecule has 1 aromatic heterocycles. The zero-order valence-electron chi connectivity index (χ0n) is 11.3. The average Bonchev–Trinajstić information content (AvgIpc) is 2.97. The number of benzene rings is 1. The van der Waals surface area contributed by atoms with E-state index in [-0.39, 0.29) is 19.1 Å². The minimum absolute atomic E-state index is 0.0208. The Balaban J connectivity index is 1.80. The van der Waals surface area contributed by atoms with Crippen molar-refractivity contribution in [3.8, 4) is 17.6 Å². The van der Waals surface area contributed by atoms with Crippen LogP contribution in [0, 0.1) is 11.8 Å². The van der Waals surface area contributed by atoms with Gasteiger partial charge >= 0.3 is 0 Å². The van der Waals surface area contributed by atoms with Crippen molar-refractivity contribution in [2.45, 2.75) is 6.54 Å². The van der Waals surface area contributed by atoms with Crippen LogP contribution in [-0.4, -0.2) is 24.2 Å². The van der Waals surface area contributed by atoms with Crippen molar-refractivity contribution in [2.24, 2.45) is 0 Å². The Bertz CT molecular complexity index is 640. The molecule has 1 heterocycles. The summed E-state index contributed by atoms with van der Waals surface area (Å²) in [5.74, 6) is 5.93. The fourth-order valence-electron chi connectivity index (χ4n) is 1.62. The number of para-hydroxylation sites is 1. The van der Waals surface area contributed by atoms with Gasteiger partial charge in [-0.15, -0.1) is 11.3 Å². The first-order valence-corrected chi connectivity index (χ1v) is 7.28. The highest BCUT2D eigenvalue weighted by atomic mass is 32.1. The van der Waals surface area contributed by atoms with Crippen molar-refractivity contribution in [2.75, 3.05) is 13.2 Å². The van der Waals surface area contributed by atoms with E-state index in [4.69, 9.17) is 9.84 Å². The van der Waals surface area contributed by atoms with Gasteiger partial charge < -0.3 is 15.2 Å². The summed E-state index contributed by atoms with van der Waals surface area (Å²) in [7, 11) is 0. The molecule has 5 heteroatoms. The number of carbonyl (C=O) groups is 1. The molecule has 0 saturated carbocycles. The molecular weight excluding hydrogens is 286 g/mol. The fourth-order valence-corrected chi connectivity index (χ4v) is 2.39. The summed E-state index contributed by atoms with van der Waals surface area (Å²) >= 11 is 1.52. The van der Waals surface area contributed by atoms with Gasteiger partial charge in [-0.25, -0.2) is 0 Å². The van der Waals surface area contributed by atoms with Crippen molar-refractivity contribution in [3.05, 3.63) is 52.2 Å². The number of rotatable bonds is 5. The predicted octanol–water partition coefficient (Wildman–Crippen LogP) is 1.79. The maximum atomic E-state index is 11.7. The van der Waals surface area contributed by atoms with Gasteiger partial charge in [-0.2, -0.15) is 0 Å². The van der Waals surface area contributed by atoms with E-state index in [0.717, 1.165) is 10.4 Å². The van der Waals surface area contributed by atoms with E-state index in [1.54, 1.807) is 12.1 Å². The highest BCUT2D eigenvalue weighted by molar-refractivity contribution is 7.10. The lowest BCUT2D eigenvalue weighted by molar-refractivity contribution is -0.123. The number of aliphatic hydroxyl groups excluding tert-OH is 1. The van der Waals surface area contributed by atoms with Gasteiger partial charge in [0.2, 0.25) is 0 Å². The molecule has 0 aliphatic rings. The van der Waals surface area contributed by atoms with E-state index in [9.17, 15) is 4.79 Å². The molecule has 0 aliphatic heterocycles. The largest absolute Gasteiger partial charge is 0.484 e. The number of thiophene rings is 1. The molecule has 2 rings (SSSR count). The van der Waals surface area contributed by atoms with Crippen LogP contribution in [0.4, 0.5) is 0 Å². The number of amides is 1. The summed E-state index contributed by atoms with van der Waals surface area (Å²) in [4.78, 5) is 12.7. The van der Waals surface area contributed by atoms with Crippen LogP contribution < -0.4 is 10.1 Å². The van der Waals surface area contributed by atoms with Gasteiger partial charge in [-0.05, 0) is 23.6 Å². The van der Waals surface area contributed by atoms with Crippen LogP contribution in [0.25, 0.3) is 0 Å². The van der Waals surface area contributed by atoms with Gasteiger partial charge in [0.1, 0.15) is 12.4 Å². The van der Waals surface area contributed by atoms with Crippen molar-refractivity contribution in [3.63, 3.8) is 0 Å². The van der Waals surface area contributed by atoms with Gasteiger partial charge in [0, 0.05) is 10.4 Å². The molecule has 2 aromatic rings. The van der Waals surface area contributed by atoms with Crippen LogP contribution >= 0.6 is 11.3 Å². The van der Waals surface area contributed by atoms with Gasteiger partial charge in [0.25, 0.3) is 5.91 Å². The van der Waals surface area contributed by atoms with E-state index >= 15 is 0 Å². The van der Waals surface area contributed by atoms with Crippen LogP contribution in [0.2, 0.25) is 0 Å². The molecule has 0 spiro atoms. The molecule has 21 heavy (non-hydrogen) atoms. The Kier molecular flexibility index (Phi) is 5.83. The Labute approximate surface area is 127 Å². The second kappa shape index (κ2) is 8.10. The number of nitrogens with one attached hydrogen (secondary N) is 1. The van der Waals surface area contributed by atoms with E-state index in [1.165, 1.54) is 11.3 Å². The summed E-state index contributed by atoms with van der Waals surface area (Å²) in [6.45, 7) is 0.212. The zero-order chi connectivity index (χ0) is 14.9. The molecule has 0 fully saturated rings. The van der Waals surface area contributed by atoms with Crippen LogP contribution in [-0.2, 0) is 11.3 Å². The summed E-state index contributed by atoms with van der Waals surface area (Å²) in [5.41, 5.74) is 0.832. The molecule has 0 atom stereocenters. The van der Waals surface area contributed by atoms with Crippen LogP contribution in [0.1, 0.15) is 10.4 Å². The molecule has 0 bridgehead atoms. The fraction of sp³-hybridized carbons (Fsp3) is 0.188. The Morgan fingerprint density at radius 1 is 1.29 bits per heavy atom. The Morgan fingerprint density at radius 2 is 2.10 bits per heavy atom. The smallest absolute Gasteiger partial charge is 0.258 e. The topological polar surface area (TPSA) is 58.6 Å². The normalized spacial score (nSPS) is 9.57. The Morgan fingerprint density at radius 3 is 2.86 bits per heavy atom. The third kappa shape index (κ3) is 4.95. The standard InChI is InChI=1S/C16H15NO3S/c18-9-4-5-13-8-10-21-15(13)11-17-16(19)12-20-14-6-2-1-3-7-14/h1-3,6-8,10,18H,9,11-12H2,(H,17,19). The monoisotopic (exact) mass is 301 g/mol. The third-order valence-electron chi connectivity index (χ3n) is 2.61. The average molecular weight is 301 g/mol. The minimum atomic E-state index is -0.187. The van der Waals surface area contributed by atoms with Crippen molar-refractivity contribution in [1.82, 2.24) is 5.32 Å². The number of carbonyl (C=O) groups excluding carboxylic acids is 1. The molecule has 1 aromatic carbocycles. The highest BCUT2D eigenvalue weighted by Gasteiger charge is 2.06. The van der Waals surface area contributed by atoms with Crippen molar-refractivity contribution >= 4 is 17.2 Å². The van der Waals surface area contributed by atoms with Crippen molar-refractivity contribution < 1.29 is 14.6 Å². The van der Waals surface area contributed by atoms with Gasteiger partial charge in [-0.1, -0.05) is 30.0 Å². The molecule has 0 aliphatic carbocycles. The molecule has 0 saturated heterocycles. The van der Waals surface area contributed by atoms with Crippen LogP contribution in [0.5, 0.6) is 5.75 Å². The van der Waals surface area contributed by atoms with Crippen molar-refractivity contribution in [1.29, 1.82) is 0 Å². The first-order chi connectivity index (χ1) is 10.3. The second-order valence-corrected chi connectivity index (χ2v) is 5.10. The quantitative estimate of drug-likeness (QED) is 0.828. The lowest BCUT2D eigenvalue weighted by atomic mass is 10.2. The molecule has 1 amide bonds. The summed E-state index contributed by atoms with van der Waals surface area (Å²) in [6, 6.07) is 11.1. The maximum Gasteiger partial charge on any atom is 0.258 e. The molecule has 2 N–H and O–H groups in total. The number of hydrogen-bond acceptors (Lipinski definition) is 4. The van der Waals surface area contributed by atoms with E-state index < -0.39 is 0 Å². The lowest BCUT2D eigenvalue weighted by Gasteiger charge is -2.06. The summed E-state index contributed by atoms with van der Waals surface area (Å²) in [6.07, 6.45) is 0. The molecule has 0 unspecified atom stereocenters. The maximum absolute atomic E-state index is 11.7. The summed E-state index contributed by atoms with van der Waals surface area (Å²) in [5, 5.41) is 13.4. The second-order valence-electron chi connectivity index (χ2n) is 4.10. The molecule has 0 radical (unpaired) electrons. The van der Waals surface area contributed by atoms with Gasteiger partial charge in [-0.3, -0.25) is 4.79 Å². The summed E-state index contributed by atoms with van der Waals surface area (Å²) < 4.78 is 5.36. The Hall–Kier alpha value is -2.29. The number of hydrogen-bond donors (Lipinski definition) is 2. The SMILES string of the molecule is O=C(COc1ccccc1)NCc1sccc1C#CCO. The van der Waals surface area contributed by atoms with Crippen LogP contribution in [0.15, 0.2) is 41.8 Å². The number of ether oxygens (including phenoxy) is 1. The highest BCUT2D eigenvalue weighted by Crippen LogP contribution is 2.15. The van der Waals surface area contributed by atoms with E-state index in [2.05, 4.69) is 17.2 Å².